The lowest BCUT2D eigenvalue weighted by Crippen LogP contribution is -2.10. The summed E-state index contributed by atoms with van der Waals surface area (Å²) < 4.78 is 1.79. The standard InChI is InChI=1S/C12H14N4O/c1-7-5-10(15-16(7)2)9-6-11(17)14-12(13-9)8-3-4-8/h5-6,8H,3-4H2,1-2H3,(H,13,14,17). The van der Waals surface area contributed by atoms with Gasteiger partial charge in [-0.1, -0.05) is 0 Å². The van der Waals surface area contributed by atoms with Crippen molar-refractivity contribution in [2.45, 2.75) is 25.7 Å². The first-order chi connectivity index (χ1) is 8.13. The summed E-state index contributed by atoms with van der Waals surface area (Å²) in [6.07, 6.45) is 2.24. The third-order valence-electron chi connectivity index (χ3n) is 3.10. The van der Waals surface area contributed by atoms with Crippen LogP contribution >= 0.6 is 0 Å². The van der Waals surface area contributed by atoms with Crippen LogP contribution in [-0.2, 0) is 7.05 Å². The van der Waals surface area contributed by atoms with Gasteiger partial charge in [0.05, 0.1) is 5.69 Å². The number of hydrogen-bond donors (Lipinski definition) is 1. The highest BCUT2D eigenvalue weighted by molar-refractivity contribution is 5.53. The van der Waals surface area contributed by atoms with Gasteiger partial charge in [0, 0.05) is 24.7 Å². The van der Waals surface area contributed by atoms with E-state index in [1.165, 1.54) is 6.07 Å². The van der Waals surface area contributed by atoms with E-state index < -0.39 is 0 Å². The molecule has 88 valence electrons. The van der Waals surface area contributed by atoms with Gasteiger partial charge >= 0.3 is 0 Å². The Hall–Kier alpha value is -1.91. The minimum atomic E-state index is -0.0970. The van der Waals surface area contributed by atoms with Crippen molar-refractivity contribution in [2.75, 3.05) is 0 Å². The third kappa shape index (κ3) is 1.88. The van der Waals surface area contributed by atoms with E-state index in [0.29, 0.717) is 11.6 Å². The number of aromatic amines is 1. The van der Waals surface area contributed by atoms with Gasteiger partial charge in [-0.2, -0.15) is 5.10 Å². The minimum Gasteiger partial charge on any atom is -0.310 e. The molecule has 0 bridgehead atoms. The van der Waals surface area contributed by atoms with Gasteiger partial charge in [-0.3, -0.25) is 9.48 Å². The molecule has 0 radical (unpaired) electrons. The largest absolute Gasteiger partial charge is 0.310 e. The molecule has 1 aliphatic rings. The number of aryl methyl sites for hydroxylation is 2. The Kier molecular flexibility index (Phi) is 2.14. The number of hydrogen-bond acceptors (Lipinski definition) is 3. The molecule has 17 heavy (non-hydrogen) atoms. The van der Waals surface area contributed by atoms with Crippen LogP contribution in [-0.4, -0.2) is 19.7 Å². The molecule has 2 heterocycles. The van der Waals surface area contributed by atoms with Crippen LogP contribution in [0.4, 0.5) is 0 Å². The summed E-state index contributed by atoms with van der Waals surface area (Å²) in [6.45, 7) is 1.98. The molecule has 0 unspecified atom stereocenters. The molecule has 1 aliphatic carbocycles. The maximum absolute atomic E-state index is 11.6. The fourth-order valence-electron chi connectivity index (χ4n) is 1.84. The first kappa shape index (κ1) is 10.3. The maximum Gasteiger partial charge on any atom is 0.251 e. The van der Waals surface area contributed by atoms with Crippen molar-refractivity contribution in [3.8, 4) is 11.4 Å². The average Bonchev–Trinajstić information content (AvgIpc) is 3.06. The summed E-state index contributed by atoms with van der Waals surface area (Å²) in [5.74, 6) is 1.24. The molecule has 0 saturated heterocycles. The SMILES string of the molecule is Cc1cc(-c2cc(=O)[nH]c(C3CC3)n2)nn1C. The van der Waals surface area contributed by atoms with Crippen molar-refractivity contribution >= 4 is 0 Å². The molecule has 0 atom stereocenters. The molecule has 0 aliphatic heterocycles. The summed E-state index contributed by atoms with van der Waals surface area (Å²) in [4.78, 5) is 18.9. The van der Waals surface area contributed by atoms with Crippen molar-refractivity contribution < 1.29 is 0 Å². The van der Waals surface area contributed by atoms with E-state index in [-0.39, 0.29) is 5.56 Å². The Labute approximate surface area is 98.5 Å². The van der Waals surface area contributed by atoms with Gasteiger partial charge in [0.2, 0.25) is 0 Å². The molecule has 1 saturated carbocycles. The number of rotatable bonds is 2. The molecule has 2 aromatic heterocycles. The third-order valence-corrected chi connectivity index (χ3v) is 3.10. The van der Waals surface area contributed by atoms with E-state index in [1.807, 2.05) is 20.0 Å². The second kappa shape index (κ2) is 3.55. The number of nitrogens with one attached hydrogen (secondary N) is 1. The van der Waals surface area contributed by atoms with Crippen molar-refractivity contribution in [1.82, 2.24) is 19.7 Å². The van der Waals surface area contributed by atoms with E-state index in [0.717, 1.165) is 30.1 Å². The summed E-state index contributed by atoms with van der Waals surface area (Å²) in [5.41, 5.74) is 2.38. The predicted octanol–water partition coefficient (Wildman–Crippen LogP) is 1.36. The van der Waals surface area contributed by atoms with Crippen LogP contribution in [0.2, 0.25) is 0 Å². The second-order valence-corrected chi connectivity index (χ2v) is 4.58. The fourth-order valence-corrected chi connectivity index (χ4v) is 1.84. The van der Waals surface area contributed by atoms with Gasteiger partial charge in [0.25, 0.3) is 5.56 Å². The zero-order valence-corrected chi connectivity index (χ0v) is 9.90. The Morgan fingerprint density at radius 2 is 2.12 bits per heavy atom. The van der Waals surface area contributed by atoms with Crippen molar-refractivity contribution in [3.05, 3.63) is 34.0 Å². The van der Waals surface area contributed by atoms with E-state index in [2.05, 4.69) is 15.1 Å². The van der Waals surface area contributed by atoms with E-state index in [9.17, 15) is 4.79 Å². The number of aromatic nitrogens is 4. The molecule has 1 N–H and O–H groups in total. The van der Waals surface area contributed by atoms with Crippen molar-refractivity contribution in [2.24, 2.45) is 7.05 Å². The van der Waals surface area contributed by atoms with Crippen LogP contribution in [0.25, 0.3) is 11.4 Å². The van der Waals surface area contributed by atoms with Gasteiger partial charge in [0.15, 0.2) is 0 Å². The fraction of sp³-hybridized carbons (Fsp3) is 0.417. The van der Waals surface area contributed by atoms with Gasteiger partial charge in [-0.05, 0) is 25.8 Å². The smallest absolute Gasteiger partial charge is 0.251 e. The normalized spacial score (nSPS) is 15.2. The first-order valence-corrected chi connectivity index (χ1v) is 5.76. The van der Waals surface area contributed by atoms with Crippen LogP contribution in [0.3, 0.4) is 0 Å². The predicted molar refractivity (Wildman–Crippen MR) is 63.8 cm³/mol. The van der Waals surface area contributed by atoms with E-state index in [4.69, 9.17) is 0 Å². The second-order valence-electron chi connectivity index (χ2n) is 4.58. The quantitative estimate of drug-likeness (QED) is 0.847. The van der Waals surface area contributed by atoms with Crippen LogP contribution in [0.5, 0.6) is 0 Å². The van der Waals surface area contributed by atoms with Crippen molar-refractivity contribution in [3.63, 3.8) is 0 Å². The molecule has 0 aromatic carbocycles. The summed E-state index contributed by atoms with van der Waals surface area (Å²) >= 11 is 0. The lowest BCUT2D eigenvalue weighted by molar-refractivity contribution is 0.741. The molecule has 5 heteroatoms. The number of nitrogens with zero attached hydrogens (tertiary/aromatic N) is 3. The van der Waals surface area contributed by atoms with Crippen LogP contribution in [0.1, 0.15) is 30.3 Å². The van der Waals surface area contributed by atoms with Gasteiger partial charge in [-0.15, -0.1) is 0 Å². The zero-order valence-electron chi connectivity index (χ0n) is 9.90. The Balaban J connectivity index is 2.10. The Morgan fingerprint density at radius 1 is 1.35 bits per heavy atom. The summed E-state index contributed by atoms with van der Waals surface area (Å²) in [7, 11) is 1.88. The van der Waals surface area contributed by atoms with Gasteiger partial charge in [0.1, 0.15) is 11.5 Å². The molecule has 5 nitrogen and oxygen atoms in total. The monoisotopic (exact) mass is 230 g/mol. The lowest BCUT2D eigenvalue weighted by Gasteiger charge is -2.00. The highest BCUT2D eigenvalue weighted by atomic mass is 16.1. The topological polar surface area (TPSA) is 63.6 Å². The number of H-pyrrole nitrogens is 1. The average molecular weight is 230 g/mol. The van der Waals surface area contributed by atoms with Crippen LogP contribution < -0.4 is 5.56 Å². The Bertz CT molecular complexity index is 602. The molecule has 1 fully saturated rings. The van der Waals surface area contributed by atoms with E-state index in [1.54, 1.807) is 4.68 Å². The highest BCUT2D eigenvalue weighted by Crippen LogP contribution is 2.37. The lowest BCUT2D eigenvalue weighted by atomic mass is 10.2. The molecule has 0 amide bonds. The molecular formula is C12H14N4O. The summed E-state index contributed by atoms with van der Waals surface area (Å²) in [5, 5.41) is 4.34. The summed E-state index contributed by atoms with van der Waals surface area (Å²) in [6, 6.07) is 3.45. The van der Waals surface area contributed by atoms with Crippen molar-refractivity contribution in [1.29, 1.82) is 0 Å². The molecule has 0 spiro atoms. The molecule has 2 aromatic rings. The minimum absolute atomic E-state index is 0.0970. The Morgan fingerprint density at radius 3 is 2.71 bits per heavy atom. The van der Waals surface area contributed by atoms with Crippen LogP contribution in [0, 0.1) is 6.92 Å². The van der Waals surface area contributed by atoms with Crippen LogP contribution in [0.15, 0.2) is 16.9 Å². The molecule has 3 rings (SSSR count). The maximum atomic E-state index is 11.6. The first-order valence-electron chi connectivity index (χ1n) is 5.76. The highest BCUT2D eigenvalue weighted by Gasteiger charge is 2.26. The zero-order chi connectivity index (χ0) is 12.0. The van der Waals surface area contributed by atoms with Gasteiger partial charge < -0.3 is 4.98 Å². The molecular weight excluding hydrogens is 216 g/mol. The van der Waals surface area contributed by atoms with Gasteiger partial charge in [-0.25, -0.2) is 4.98 Å². The van der Waals surface area contributed by atoms with E-state index >= 15 is 0 Å².